The fourth-order valence-corrected chi connectivity index (χ4v) is 8.22. The van der Waals surface area contributed by atoms with Gasteiger partial charge in [0.25, 0.3) is 0 Å². The Bertz CT molecular complexity index is 1550. The van der Waals surface area contributed by atoms with Crippen molar-refractivity contribution in [3.05, 3.63) is 52.9 Å². The number of hydrogen-bond donors (Lipinski definition) is 0. The van der Waals surface area contributed by atoms with E-state index in [9.17, 15) is 18.4 Å². The fourth-order valence-electron chi connectivity index (χ4n) is 8.22. The Labute approximate surface area is 279 Å². The molecule has 1 aliphatic carbocycles. The van der Waals surface area contributed by atoms with Crippen LogP contribution >= 0.6 is 0 Å². The van der Waals surface area contributed by atoms with Crippen LogP contribution in [-0.2, 0) is 19.1 Å². The van der Waals surface area contributed by atoms with Crippen LogP contribution in [0.25, 0.3) is 0 Å². The van der Waals surface area contributed by atoms with Crippen LogP contribution in [-0.4, -0.2) is 83.1 Å². The summed E-state index contributed by atoms with van der Waals surface area (Å²) in [4.78, 5) is 17.1. The number of aryl methyl sites for hydroxylation is 1. The zero-order valence-electron chi connectivity index (χ0n) is 27.9. The van der Waals surface area contributed by atoms with E-state index in [0.29, 0.717) is 76.3 Å². The number of hydrogen-bond acceptors (Lipinski definition) is 8. The first-order valence-electron chi connectivity index (χ1n) is 17.0. The van der Waals surface area contributed by atoms with Gasteiger partial charge in [-0.05, 0) is 90.2 Å². The number of alkyl halides is 5. The lowest BCUT2D eigenvalue weighted by molar-refractivity contribution is -0.196. The standard InChI is InChI=1S/C35H44F5N7O/c1-4-17-45-20-21-47(22-25(45)12-16-41)31-26-13-19-46(28-10-7-9-24(2)30(28)35(38,39)40)23-27(26)42-32(43-31)48-33(14-5-6-15-33)34(36,37)29-11-8-18-44(29)3/h4,7,9-10,17,25,29H,5-6,8,11-15,18-23H2,1-3H3/t25-,29?/m0/s1. The molecule has 4 heterocycles. The van der Waals surface area contributed by atoms with Crippen LogP contribution in [0.4, 0.5) is 33.5 Å². The third-order valence-electron chi connectivity index (χ3n) is 10.6. The lowest BCUT2D eigenvalue weighted by Crippen LogP contribution is -2.60. The summed E-state index contributed by atoms with van der Waals surface area (Å²) < 4.78 is 82.3. The number of aromatic nitrogens is 2. The van der Waals surface area contributed by atoms with Crippen LogP contribution < -0.4 is 14.5 Å². The molecule has 260 valence electrons. The Kier molecular flexibility index (Phi) is 9.50. The molecular weight excluding hydrogens is 629 g/mol. The summed E-state index contributed by atoms with van der Waals surface area (Å²) in [5, 5.41) is 9.58. The molecule has 2 saturated heterocycles. The van der Waals surface area contributed by atoms with Gasteiger partial charge in [-0.25, -0.2) is 8.78 Å². The molecule has 1 unspecified atom stereocenters. The molecule has 1 saturated carbocycles. The van der Waals surface area contributed by atoms with Gasteiger partial charge in [0.1, 0.15) is 5.82 Å². The van der Waals surface area contributed by atoms with Gasteiger partial charge in [0.05, 0.1) is 42.4 Å². The first-order valence-corrected chi connectivity index (χ1v) is 17.0. The highest BCUT2D eigenvalue weighted by Crippen LogP contribution is 2.50. The Morgan fingerprint density at radius 1 is 1.04 bits per heavy atom. The molecule has 8 nitrogen and oxygen atoms in total. The van der Waals surface area contributed by atoms with Gasteiger partial charge in [-0.2, -0.15) is 28.4 Å². The van der Waals surface area contributed by atoms with Crippen molar-refractivity contribution in [2.24, 2.45) is 0 Å². The molecule has 1 aromatic heterocycles. The number of nitrogens with zero attached hydrogens (tertiary/aromatic N) is 7. The highest BCUT2D eigenvalue weighted by Gasteiger charge is 2.63. The maximum atomic E-state index is 16.6. The average Bonchev–Trinajstić information content (AvgIpc) is 3.71. The number of ether oxygens (including phenoxy) is 1. The molecule has 6 rings (SSSR count). The van der Waals surface area contributed by atoms with Gasteiger partial charge in [-0.3, -0.25) is 4.90 Å². The van der Waals surface area contributed by atoms with Crippen molar-refractivity contribution in [1.29, 1.82) is 5.26 Å². The number of nitriles is 1. The number of rotatable bonds is 8. The Morgan fingerprint density at radius 3 is 2.48 bits per heavy atom. The number of allylic oxidation sites excluding steroid dienone is 1. The van der Waals surface area contributed by atoms with Gasteiger partial charge < -0.3 is 19.4 Å². The van der Waals surface area contributed by atoms with Gasteiger partial charge in [-0.15, -0.1) is 0 Å². The molecule has 0 radical (unpaired) electrons. The second kappa shape index (κ2) is 13.3. The van der Waals surface area contributed by atoms with Gasteiger partial charge in [-0.1, -0.05) is 18.2 Å². The van der Waals surface area contributed by atoms with E-state index in [2.05, 4.69) is 15.9 Å². The smallest absolute Gasteiger partial charge is 0.418 e. The molecule has 3 fully saturated rings. The number of likely N-dealkylation sites (tertiary alicyclic amines) is 1. The van der Waals surface area contributed by atoms with E-state index >= 15 is 8.78 Å². The molecule has 1 aromatic carbocycles. The first-order chi connectivity index (χ1) is 22.9. The molecule has 3 aliphatic heterocycles. The van der Waals surface area contributed by atoms with E-state index in [1.807, 2.05) is 19.2 Å². The minimum absolute atomic E-state index is 0.0443. The number of halogens is 5. The first kappa shape index (κ1) is 34.2. The summed E-state index contributed by atoms with van der Waals surface area (Å²) in [6.45, 7) is 5.94. The van der Waals surface area contributed by atoms with Crippen molar-refractivity contribution in [2.45, 2.75) is 102 Å². The second-order valence-corrected chi connectivity index (χ2v) is 13.6. The minimum Gasteiger partial charge on any atom is -0.450 e. The topological polar surface area (TPSA) is 71.8 Å². The van der Waals surface area contributed by atoms with Gasteiger partial charge in [0, 0.05) is 37.4 Å². The molecule has 0 N–H and O–H groups in total. The molecule has 2 atom stereocenters. The second-order valence-electron chi connectivity index (χ2n) is 13.6. The summed E-state index contributed by atoms with van der Waals surface area (Å²) in [6, 6.07) is 5.55. The van der Waals surface area contributed by atoms with Crippen LogP contribution in [0.3, 0.4) is 0 Å². The molecule has 2 aromatic rings. The van der Waals surface area contributed by atoms with Gasteiger partial charge in [0.15, 0.2) is 5.60 Å². The third-order valence-corrected chi connectivity index (χ3v) is 10.6. The summed E-state index contributed by atoms with van der Waals surface area (Å²) in [5.41, 5.74) is -1.04. The summed E-state index contributed by atoms with van der Waals surface area (Å²) in [5.74, 6) is -2.62. The third kappa shape index (κ3) is 6.28. The Morgan fingerprint density at radius 2 is 1.81 bits per heavy atom. The molecule has 13 heteroatoms. The van der Waals surface area contributed by atoms with Crippen LogP contribution in [0, 0.1) is 18.3 Å². The van der Waals surface area contributed by atoms with E-state index < -0.39 is 29.3 Å². The summed E-state index contributed by atoms with van der Waals surface area (Å²) in [6.07, 6.45) is 2.55. The van der Waals surface area contributed by atoms with Crippen molar-refractivity contribution in [3.8, 4) is 12.1 Å². The summed E-state index contributed by atoms with van der Waals surface area (Å²) in [7, 11) is 1.72. The van der Waals surface area contributed by atoms with Gasteiger partial charge in [0.2, 0.25) is 0 Å². The highest BCUT2D eigenvalue weighted by atomic mass is 19.4. The zero-order valence-corrected chi connectivity index (χ0v) is 27.9. The minimum atomic E-state index is -4.55. The fraction of sp³-hybridized carbons (Fsp3) is 0.629. The van der Waals surface area contributed by atoms with Crippen molar-refractivity contribution < 1.29 is 26.7 Å². The molecule has 0 amide bonds. The SMILES string of the molecule is CC=CN1CCN(c2nc(OC3(C(F)(F)C4CCCN4C)CCCC3)nc3c2CCN(c2cccc(C)c2C(F)(F)F)C3)C[C@@H]1CC#N. The predicted octanol–water partition coefficient (Wildman–Crippen LogP) is 6.73. The largest absolute Gasteiger partial charge is 0.450 e. The van der Waals surface area contributed by atoms with E-state index in [1.165, 1.54) is 19.1 Å². The molecule has 48 heavy (non-hydrogen) atoms. The lowest BCUT2D eigenvalue weighted by Gasteiger charge is -2.43. The van der Waals surface area contributed by atoms with Crippen molar-refractivity contribution in [2.75, 3.05) is 49.6 Å². The lowest BCUT2D eigenvalue weighted by atomic mass is 9.87. The van der Waals surface area contributed by atoms with E-state index in [4.69, 9.17) is 14.7 Å². The maximum Gasteiger partial charge on any atom is 0.418 e. The number of anilines is 2. The highest BCUT2D eigenvalue weighted by molar-refractivity contribution is 5.61. The predicted molar refractivity (Wildman–Crippen MR) is 173 cm³/mol. The van der Waals surface area contributed by atoms with Crippen molar-refractivity contribution >= 4 is 11.5 Å². The molecule has 0 bridgehead atoms. The Balaban J connectivity index is 1.41. The Hall–Kier alpha value is -3.66. The molecule has 0 spiro atoms. The quantitative estimate of drug-likeness (QED) is 0.286. The zero-order chi connectivity index (χ0) is 34.3. The number of piperazine rings is 1. The van der Waals surface area contributed by atoms with E-state index in [0.717, 1.165) is 5.56 Å². The van der Waals surface area contributed by atoms with Crippen LogP contribution in [0.1, 0.15) is 74.3 Å². The van der Waals surface area contributed by atoms with Crippen LogP contribution in [0.5, 0.6) is 6.01 Å². The maximum absolute atomic E-state index is 16.6. The molecular formula is C35H44F5N7O. The number of benzene rings is 1. The van der Waals surface area contributed by atoms with E-state index in [1.54, 1.807) is 22.9 Å². The van der Waals surface area contributed by atoms with Gasteiger partial charge >= 0.3 is 18.1 Å². The van der Waals surface area contributed by atoms with Crippen molar-refractivity contribution in [1.82, 2.24) is 19.8 Å². The normalized spacial score (nSPS) is 23.5. The molecule has 4 aliphatic rings. The average molecular weight is 674 g/mol. The van der Waals surface area contributed by atoms with E-state index in [-0.39, 0.29) is 49.1 Å². The monoisotopic (exact) mass is 673 g/mol. The number of fused-ring (bicyclic) bond motifs is 1. The van der Waals surface area contributed by atoms with Crippen molar-refractivity contribution in [3.63, 3.8) is 0 Å². The van der Waals surface area contributed by atoms with Crippen LogP contribution in [0.2, 0.25) is 0 Å². The summed E-state index contributed by atoms with van der Waals surface area (Å²) >= 11 is 0. The van der Waals surface area contributed by atoms with Crippen LogP contribution in [0.15, 0.2) is 30.5 Å².